The molecule has 0 radical (unpaired) electrons. The average molecular weight is 627 g/mol. The zero-order valence-electron chi connectivity index (χ0n) is 27.5. The van der Waals surface area contributed by atoms with Gasteiger partial charge in [-0.3, -0.25) is 19.2 Å². The van der Waals surface area contributed by atoms with E-state index in [9.17, 15) is 19.2 Å². The van der Waals surface area contributed by atoms with Gasteiger partial charge in [0.15, 0.2) is 5.78 Å². The Morgan fingerprint density at radius 3 is 2.36 bits per heavy atom. The second-order valence-electron chi connectivity index (χ2n) is 15.6. The van der Waals surface area contributed by atoms with Crippen LogP contribution < -0.4 is 0 Å². The van der Waals surface area contributed by atoms with Gasteiger partial charge in [0.1, 0.15) is 30.0 Å². The maximum atomic E-state index is 14.2. The minimum absolute atomic E-state index is 0.0207. The van der Waals surface area contributed by atoms with Gasteiger partial charge in [0.25, 0.3) is 0 Å². The van der Waals surface area contributed by atoms with Crippen LogP contribution in [0.2, 0.25) is 0 Å². The number of Topliss-reactive ketones (excluding diaryl/α,β-unsaturated/α-hetero) is 1. The first-order valence-electron chi connectivity index (χ1n) is 16.5. The molecular weight excluding hydrogens is 580 g/mol. The van der Waals surface area contributed by atoms with Crippen LogP contribution in [0.25, 0.3) is 0 Å². The third-order valence-electron chi connectivity index (χ3n) is 13.7. The SMILES string of the molecule is CC[C@@H](C)C(=O)O[C@@H]1[C@@H]2OC[C@]3(C)[C@H](OC(C)=O)C[C@H](OC(C)=O)[C@](C)([C@H]4CC[C@@]5(C)[C@H](c6ccoc6)C(=O)[C@@H]6O[C@@]65[C@]14C)[C@@H]23. The standard InChI is InChI=1S/C35H46O10/c1-9-17(2)30(39)44-29-26-27-31(5,16-41-26)22(42-18(3)36)14-23(43-19(4)37)33(27,7)21-10-12-32(6)24(20-11-13-40-15-20)25(38)28-35(32,45-28)34(21,29)8/h11,13,15,17,21-24,26-29H,9-10,12,14,16H2,1-8H3/t17-,21-,22-,23+,24-,26-,27+,28+,29-,31-,32+,33+,34+,35+/m1/s1. The molecule has 6 fully saturated rings. The summed E-state index contributed by atoms with van der Waals surface area (Å²) in [6.07, 6.45) is 2.38. The van der Waals surface area contributed by atoms with Crippen molar-refractivity contribution in [2.24, 2.45) is 39.4 Å². The zero-order valence-corrected chi connectivity index (χ0v) is 27.5. The van der Waals surface area contributed by atoms with Crippen molar-refractivity contribution < 1.29 is 47.3 Å². The maximum absolute atomic E-state index is 14.2. The molecule has 0 aromatic carbocycles. The Hall–Kier alpha value is -2.72. The first-order valence-corrected chi connectivity index (χ1v) is 16.5. The fourth-order valence-corrected chi connectivity index (χ4v) is 11.7. The molecule has 0 amide bonds. The molecule has 6 aliphatic rings. The number of ether oxygens (including phenoxy) is 5. The molecular formula is C35H46O10. The van der Waals surface area contributed by atoms with Crippen LogP contribution >= 0.6 is 0 Å². The first-order chi connectivity index (χ1) is 21.1. The molecule has 0 N–H and O–H groups in total. The van der Waals surface area contributed by atoms with E-state index in [2.05, 4.69) is 27.7 Å². The smallest absolute Gasteiger partial charge is 0.309 e. The van der Waals surface area contributed by atoms with Gasteiger partial charge >= 0.3 is 17.9 Å². The molecule has 1 aromatic heterocycles. The Bertz CT molecular complexity index is 1440. The van der Waals surface area contributed by atoms with Crippen molar-refractivity contribution in [2.75, 3.05) is 6.61 Å². The van der Waals surface area contributed by atoms with E-state index in [0.29, 0.717) is 25.7 Å². The number of esters is 3. The number of fused-ring (bicyclic) bond motifs is 2. The normalized spacial score (nSPS) is 49.6. The number of hydrogen-bond acceptors (Lipinski definition) is 10. The van der Waals surface area contributed by atoms with Crippen LogP contribution in [0.4, 0.5) is 0 Å². The van der Waals surface area contributed by atoms with Gasteiger partial charge < -0.3 is 28.1 Å². The molecule has 4 aliphatic carbocycles. The highest BCUT2D eigenvalue weighted by atomic mass is 16.6. The lowest BCUT2D eigenvalue weighted by Gasteiger charge is -2.70. The van der Waals surface area contributed by atoms with Crippen molar-refractivity contribution in [3.05, 3.63) is 24.2 Å². The van der Waals surface area contributed by atoms with E-state index in [-0.39, 0.29) is 36.1 Å². The average Bonchev–Trinajstić information content (AvgIpc) is 3.22. The number of furan rings is 1. The van der Waals surface area contributed by atoms with Gasteiger partial charge in [-0.1, -0.05) is 41.5 Å². The molecule has 1 spiro atoms. The number of ketones is 1. The number of hydrogen-bond donors (Lipinski definition) is 0. The summed E-state index contributed by atoms with van der Waals surface area (Å²) >= 11 is 0. The predicted molar refractivity (Wildman–Crippen MR) is 158 cm³/mol. The summed E-state index contributed by atoms with van der Waals surface area (Å²) < 4.78 is 37.7. The minimum Gasteiger partial charge on any atom is -0.472 e. The summed E-state index contributed by atoms with van der Waals surface area (Å²) in [6.45, 7) is 15.4. The highest BCUT2D eigenvalue weighted by Crippen LogP contribution is 2.83. The van der Waals surface area contributed by atoms with Gasteiger partial charge in [-0.2, -0.15) is 0 Å². The van der Waals surface area contributed by atoms with E-state index in [1.165, 1.54) is 13.8 Å². The van der Waals surface area contributed by atoms with Crippen molar-refractivity contribution in [2.45, 2.75) is 123 Å². The highest BCUT2D eigenvalue weighted by Gasteiger charge is 2.92. The van der Waals surface area contributed by atoms with Gasteiger partial charge in [0.05, 0.1) is 37.1 Å². The molecule has 2 aliphatic heterocycles. The third-order valence-corrected chi connectivity index (χ3v) is 13.7. The summed E-state index contributed by atoms with van der Waals surface area (Å²) in [4.78, 5) is 53.0. The molecule has 14 atom stereocenters. The second kappa shape index (κ2) is 9.66. The molecule has 10 nitrogen and oxygen atoms in total. The topological polar surface area (TPSA) is 131 Å². The van der Waals surface area contributed by atoms with Gasteiger partial charge in [0, 0.05) is 53.4 Å². The van der Waals surface area contributed by atoms with Crippen molar-refractivity contribution in [1.29, 1.82) is 0 Å². The molecule has 7 rings (SSSR count). The van der Waals surface area contributed by atoms with E-state index >= 15 is 0 Å². The molecule has 0 bridgehead atoms. The van der Waals surface area contributed by atoms with Gasteiger partial charge in [-0.05, 0) is 31.2 Å². The van der Waals surface area contributed by atoms with Gasteiger partial charge in [0.2, 0.25) is 0 Å². The first kappa shape index (κ1) is 30.9. The summed E-state index contributed by atoms with van der Waals surface area (Å²) in [5, 5.41) is 0. The molecule has 0 unspecified atom stereocenters. The zero-order chi connectivity index (χ0) is 32.5. The summed E-state index contributed by atoms with van der Waals surface area (Å²) in [5.41, 5.74) is -2.89. The number of carbonyl (C=O) groups excluding carboxylic acids is 4. The van der Waals surface area contributed by atoms with Crippen LogP contribution in [-0.4, -0.2) is 66.4 Å². The molecule has 246 valence electrons. The largest absolute Gasteiger partial charge is 0.472 e. The molecule has 4 saturated carbocycles. The maximum Gasteiger partial charge on any atom is 0.309 e. The lowest BCUT2D eigenvalue weighted by molar-refractivity contribution is -0.297. The molecule has 3 heterocycles. The fraction of sp³-hybridized carbons (Fsp3) is 0.771. The Kier molecular flexibility index (Phi) is 6.63. The summed E-state index contributed by atoms with van der Waals surface area (Å²) in [7, 11) is 0. The number of rotatable bonds is 6. The summed E-state index contributed by atoms with van der Waals surface area (Å²) in [6, 6.07) is 1.86. The number of carbonyl (C=O) groups is 4. The fourth-order valence-electron chi connectivity index (χ4n) is 11.7. The second-order valence-corrected chi connectivity index (χ2v) is 15.6. The Balaban J connectivity index is 1.43. The van der Waals surface area contributed by atoms with Crippen molar-refractivity contribution in [3.8, 4) is 0 Å². The predicted octanol–water partition coefficient (Wildman–Crippen LogP) is 4.77. The van der Waals surface area contributed by atoms with Crippen LogP contribution in [0.3, 0.4) is 0 Å². The van der Waals surface area contributed by atoms with Gasteiger partial charge in [-0.25, -0.2) is 0 Å². The molecule has 1 aromatic rings. The van der Waals surface area contributed by atoms with Crippen LogP contribution in [-0.2, 0) is 42.9 Å². The van der Waals surface area contributed by atoms with Crippen LogP contribution in [0.5, 0.6) is 0 Å². The van der Waals surface area contributed by atoms with Crippen molar-refractivity contribution >= 4 is 23.7 Å². The van der Waals surface area contributed by atoms with Crippen molar-refractivity contribution in [3.63, 3.8) is 0 Å². The van der Waals surface area contributed by atoms with Crippen LogP contribution in [0, 0.1) is 39.4 Å². The Morgan fingerprint density at radius 2 is 1.73 bits per heavy atom. The van der Waals surface area contributed by atoms with Crippen LogP contribution in [0.15, 0.2) is 23.0 Å². The minimum atomic E-state index is -0.938. The lowest BCUT2D eigenvalue weighted by Crippen LogP contribution is -2.77. The van der Waals surface area contributed by atoms with E-state index in [4.69, 9.17) is 28.1 Å². The third kappa shape index (κ3) is 3.59. The molecule has 10 heteroatoms. The van der Waals surface area contributed by atoms with Crippen LogP contribution in [0.1, 0.15) is 92.6 Å². The van der Waals surface area contributed by atoms with E-state index in [1.54, 1.807) is 12.5 Å². The van der Waals surface area contributed by atoms with E-state index in [0.717, 1.165) is 5.56 Å². The highest BCUT2D eigenvalue weighted by molar-refractivity contribution is 5.98. The van der Waals surface area contributed by atoms with Crippen molar-refractivity contribution in [1.82, 2.24) is 0 Å². The monoisotopic (exact) mass is 626 g/mol. The quantitative estimate of drug-likeness (QED) is 0.247. The van der Waals surface area contributed by atoms with E-state index < -0.39 is 75.6 Å². The Morgan fingerprint density at radius 1 is 1.04 bits per heavy atom. The lowest BCUT2D eigenvalue weighted by atomic mass is 9.34. The Labute approximate surface area is 264 Å². The number of epoxide rings is 1. The van der Waals surface area contributed by atoms with Gasteiger partial charge in [-0.15, -0.1) is 0 Å². The molecule has 45 heavy (non-hydrogen) atoms. The molecule has 2 saturated heterocycles. The summed E-state index contributed by atoms with van der Waals surface area (Å²) in [5.74, 6) is -2.34. The van der Waals surface area contributed by atoms with E-state index in [1.807, 2.05) is 19.9 Å².